The van der Waals surface area contributed by atoms with Crippen molar-refractivity contribution in [1.82, 2.24) is 15.1 Å². The minimum atomic E-state index is -0.999. The zero-order valence-corrected chi connectivity index (χ0v) is 10.6. The predicted molar refractivity (Wildman–Crippen MR) is 63.2 cm³/mol. The van der Waals surface area contributed by atoms with Gasteiger partial charge < -0.3 is 15.2 Å². The maximum atomic E-state index is 11.9. The van der Waals surface area contributed by atoms with Crippen LogP contribution in [0.25, 0.3) is 0 Å². The number of carbonyl (C=O) groups is 2. The molecule has 0 fully saturated rings. The number of aromatic nitrogens is 2. The van der Waals surface area contributed by atoms with E-state index in [2.05, 4.69) is 10.4 Å². The summed E-state index contributed by atoms with van der Waals surface area (Å²) in [6, 6.07) is 0. The van der Waals surface area contributed by atoms with Crippen molar-refractivity contribution < 1.29 is 19.4 Å². The smallest absolute Gasteiger partial charge is 0.305 e. The molecule has 0 bridgehead atoms. The van der Waals surface area contributed by atoms with Crippen LogP contribution in [0.15, 0.2) is 12.4 Å². The Hall–Kier alpha value is -1.89. The third-order valence-electron chi connectivity index (χ3n) is 2.39. The van der Waals surface area contributed by atoms with Crippen molar-refractivity contribution >= 4 is 11.9 Å². The highest BCUT2D eigenvalue weighted by Gasteiger charge is 2.30. The van der Waals surface area contributed by atoms with Crippen LogP contribution < -0.4 is 5.32 Å². The van der Waals surface area contributed by atoms with Gasteiger partial charge in [-0.25, -0.2) is 0 Å². The van der Waals surface area contributed by atoms with Gasteiger partial charge in [-0.15, -0.1) is 0 Å². The van der Waals surface area contributed by atoms with Crippen LogP contribution in [0.2, 0.25) is 0 Å². The number of carboxylic acid groups (broad SMARTS) is 1. The standard InChI is InChI=1S/C11H17N3O4/c1-11(7-18-3,4-9(15)16)13-10(17)8-5-12-14(2)6-8/h5-6H,4,7H2,1-3H3,(H,13,17)(H,15,16). The molecule has 0 aliphatic rings. The van der Waals surface area contributed by atoms with Gasteiger partial charge in [0, 0.05) is 20.4 Å². The maximum Gasteiger partial charge on any atom is 0.305 e. The summed E-state index contributed by atoms with van der Waals surface area (Å²) in [5.41, 5.74) is -0.571. The summed E-state index contributed by atoms with van der Waals surface area (Å²) >= 11 is 0. The fourth-order valence-electron chi connectivity index (χ4n) is 1.67. The van der Waals surface area contributed by atoms with Gasteiger partial charge in [0.2, 0.25) is 0 Å². The summed E-state index contributed by atoms with van der Waals surface area (Å²) in [7, 11) is 3.15. The first-order valence-corrected chi connectivity index (χ1v) is 5.38. The van der Waals surface area contributed by atoms with Crippen molar-refractivity contribution in [2.24, 2.45) is 7.05 Å². The minimum absolute atomic E-state index is 0.116. The Morgan fingerprint density at radius 1 is 1.61 bits per heavy atom. The largest absolute Gasteiger partial charge is 0.481 e. The van der Waals surface area contributed by atoms with Gasteiger partial charge in [0.05, 0.1) is 30.3 Å². The van der Waals surface area contributed by atoms with Crippen LogP contribution in [0.1, 0.15) is 23.7 Å². The molecule has 7 nitrogen and oxygen atoms in total. The van der Waals surface area contributed by atoms with E-state index in [9.17, 15) is 9.59 Å². The molecular weight excluding hydrogens is 238 g/mol. The molecule has 0 aliphatic heterocycles. The lowest BCUT2D eigenvalue weighted by atomic mass is 9.98. The second-order valence-electron chi connectivity index (χ2n) is 4.42. The first-order chi connectivity index (χ1) is 8.36. The molecule has 18 heavy (non-hydrogen) atoms. The quantitative estimate of drug-likeness (QED) is 0.748. The van der Waals surface area contributed by atoms with E-state index in [-0.39, 0.29) is 18.9 Å². The minimum Gasteiger partial charge on any atom is -0.481 e. The van der Waals surface area contributed by atoms with Crippen molar-refractivity contribution in [2.45, 2.75) is 18.9 Å². The van der Waals surface area contributed by atoms with E-state index >= 15 is 0 Å². The summed E-state index contributed by atoms with van der Waals surface area (Å²) < 4.78 is 6.45. The van der Waals surface area contributed by atoms with E-state index < -0.39 is 11.5 Å². The third-order valence-corrected chi connectivity index (χ3v) is 2.39. The summed E-state index contributed by atoms with van der Waals surface area (Å²) in [4.78, 5) is 22.7. The van der Waals surface area contributed by atoms with Crippen molar-refractivity contribution in [3.8, 4) is 0 Å². The second kappa shape index (κ2) is 5.63. The van der Waals surface area contributed by atoms with Crippen LogP contribution >= 0.6 is 0 Å². The number of hydrogen-bond donors (Lipinski definition) is 2. The van der Waals surface area contributed by atoms with Crippen LogP contribution in [0.5, 0.6) is 0 Å². The normalized spacial score (nSPS) is 13.9. The number of methoxy groups -OCH3 is 1. The van der Waals surface area contributed by atoms with E-state index in [1.165, 1.54) is 18.0 Å². The number of aryl methyl sites for hydroxylation is 1. The number of rotatable bonds is 6. The summed E-state index contributed by atoms with van der Waals surface area (Å²) in [6.07, 6.45) is 2.76. The number of hydrogen-bond acceptors (Lipinski definition) is 4. The van der Waals surface area contributed by atoms with Gasteiger partial charge in [-0.3, -0.25) is 14.3 Å². The van der Waals surface area contributed by atoms with Gasteiger partial charge >= 0.3 is 5.97 Å². The van der Waals surface area contributed by atoms with E-state index in [4.69, 9.17) is 9.84 Å². The Balaban J connectivity index is 2.77. The zero-order valence-electron chi connectivity index (χ0n) is 10.6. The highest BCUT2D eigenvalue weighted by Crippen LogP contribution is 2.12. The molecule has 1 atom stereocenters. The zero-order chi connectivity index (χ0) is 13.8. The fourth-order valence-corrected chi connectivity index (χ4v) is 1.67. The molecule has 1 rings (SSSR count). The molecule has 1 unspecified atom stereocenters. The first-order valence-electron chi connectivity index (χ1n) is 5.38. The Kier molecular flexibility index (Phi) is 4.43. The Morgan fingerprint density at radius 3 is 2.72 bits per heavy atom. The number of nitrogens with one attached hydrogen (secondary N) is 1. The second-order valence-corrected chi connectivity index (χ2v) is 4.42. The van der Waals surface area contributed by atoms with Gasteiger partial charge in [-0.2, -0.15) is 5.10 Å². The monoisotopic (exact) mass is 255 g/mol. The average Bonchev–Trinajstić information content (AvgIpc) is 2.63. The van der Waals surface area contributed by atoms with Crippen molar-refractivity contribution in [3.63, 3.8) is 0 Å². The lowest BCUT2D eigenvalue weighted by Crippen LogP contribution is -2.50. The molecule has 1 aromatic rings. The first kappa shape index (κ1) is 14.2. The number of carboxylic acids is 1. The Bertz CT molecular complexity index is 443. The van der Waals surface area contributed by atoms with E-state index in [0.717, 1.165) is 0 Å². The Morgan fingerprint density at radius 2 is 2.28 bits per heavy atom. The molecular formula is C11H17N3O4. The number of amides is 1. The van der Waals surface area contributed by atoms with E-state index in [1.54, 1.807) is 20.2 Å². The van der Waals surface area contributed by atoms with Crippen molar-refractivity contribution in [1.29, 1.82) is 0 Å². The molecule has 1 aromatic heterocycles. The fraction of sp³-hybridized carbons (Fsp3) is 0.545. The van der Waals surface area contributed by atoms with E-state index in [1.807, 2.05) is 0 Å². The van der Waals surface area contributed by atoms with Gasteiger partial charge in [0.15, 0.2) is 0 Å². The highest BCUT2D eigenvalue weighted by atomic mass is 16.5. The van der Waals surface area contributed by atoms with Crippen LogP contribution in [-0.2, 0) is 16.6 Å². The number of nitrogens with zero attached hydrogens (tertiary/aromatic N) is 2. The number of aliphatic carboxylic acids is 1. The summed E-state index contributed by atoms with van der Waals surface area (Å²) in [5, 5.41) is 15.4. The average molecular weight is 255 g/mol. The van der Waals surface area contributed by atoms with Gasteiger partial charge in [-0.1, -0.05) is 0 Å². The SMILES string of the molecule is COCC(C)(CC(=O)O)NC(=O)c1cnn(C)c1. The summed E-state index contributed by atoms with van der Waals surface area (Å²) in [5.74, 6) is -1.37. The molecule has 0 spiro atoms. The van der Waals surface area contributed by atoms with Gasteiger partial charge in [0.1, 0.15) is 0 Å². The molecule has 2 N–H and O–H groups in total. The third kappa shape index (κ3) is 3.85. The molecule has 7 heteroatoms. The topological polar surface area (TPSA) is 93.4 Å². The van der Waals surface area contributed by atoms with Crippen LogP contribution in [0.4, 0.5) is 0 Å². The molecule has 1 heterocycles. The van der Waals surface area contributed by atoms with Gasteiger partial charge in [-0.05, 0) is 6.92 Å². The van der Waals surface area contributed by atoms with Crippen LogP contribution in [0, 0.1) is 0 Å². The Labute approximate surface area is 105 Å². The van der Waals surface area contributed by atoms with Gasteiger partial charge in [0.25, 0.3) is 5.91 Å². The predicted octanol–water partition coefficient (Wildman–Crippen LogP) is 0.0297. The summed E-state index contributed by atoms with van der Waals surface area (Å²) in [6.45, 7) is 1.74. The molecule has 0 aromatic carbocycles. The number of ether oxygens (including phenoxy) is 1. The number of carbonyl (C=O) groups excluding carboxylic acids is 1. The molecule has 0 saturated heterocycles. The highest BCUT2D eigenvalue weighted by molar-refractivity contribution is 5.94. The van der Waals surface area contributed by atoms with Crippen LogP contribution in [0.3, 0.4) is 0 Å². The van der Waals surface area contributed by atoms with Crippen LogP contribution in [-0.4, -0.2) is 46.0 Å². The lowest BCUT2D eigenvalue weighted by Gasteiger charge is -2.28. The van der Waals surface area contributed by atoms with Crippen molar-refractivity contribution in [2.75, 3.05) is 13.7 Å². The van der Waals surface area contributed by atoms with Crippen molar-refractivity contribution in [3.05, 3.63) is 18.0 Å². The molecule has 100 valence electrons. The molecule has 0 radical (unpaired) electrons. The lowest BCUT2D eigenvalue weighted by molar-refractivity contribution is -0.139. The van der Waals surface area contributed by atoms with E-state index in [0.29, 0.717) is 5.56 Å². The molecule has 0 saturated carbocycles. The molecule has 1 amide bonds. The maximum absolute atomic E-state index is 11.9. The molecule has 0 aliphatic carbocycles.